The van der Waals surface area contributed by atoms with Gasteiger partial charge in [-0.3, -0.25) is 0 Å². The molecule has 0 radical (unpaired) electrons. The van der Waals surface area contributed by atoms with Crippen molar-refractivity contribution in [3.63, 3.8) is 0 Å². The van der Waals surface area contributed by atoms with E-state index < -0.39 is 0 Å². The Kier molecular flexibility index (Phi) is 5.92. The molecule has 1 heterocycles. The standard InChI is InChI=1S/C19H33NO/c1-15(7-12-18-6-5-13-21-18)20-14-16-8-10-17(11-9-16)19(2,3)4/h5-6,13,15-17,20H,7-12,14H2,1-4H3. The third-order valence-corrected chi connectivity index (χ3v) is 5.23. The van der Waals surface area contributed by atoms with Crippen molar-refractivity contribution in [2.75, 3.05) is 6.54 Å². The summed E-state index contributed by atoms with van der Waals surface area (Å²) in [5.41, 5.74) is 0.495. The summed E-state index contributed by atoms with van der Waals surface area (Å²) in [6.45, 7) is 10.7. The molecule has 0 amide bonds. The van der Waals surface area contributed by atoms with Gasteiger partial charge in [-0.15, -0.1) is 0 Å². The highest BCUT2D eigenvalue weighted by atomic mass is 16.3. The molecule has 1 aromatic heterocycles. The number of nitrogens with one attached hydrogen (secondary N) is 1. The van der Waals surface area contributed by atoms with Gasteiger partial charge in [-0.25, -0.2) is 0 Å². The minimum absolute atomic E-state index is 0.495. The van der Waals surface area contributed by atoms with Crippen LogP contribution in [0.3, 0.4) is 0 Å². The first-order valence-electron chi connectivity index (χ1n) is 8.71. The molecule has 1 aromatic rings. The van der Waals surface area contributed by atoms with Crippen LogP contribution in [0.5, 0.6) is 0 Å². The normalized spacial score (nSPS) is 25.0. The predicted octanol–water partition coefficient (Wildman–Crippen LogP) is 5.04. The quantitative estimate of drug-likeness (QED) is 0.794. The highest BCUT2D eigenvalue weighted by molar-refractivity contribution is 4.98. The zero-order chi connectivity index (χ0) is 15.3. The zero-order valence-electron chi connectivity index (χ0n) is 14.3. The molecule has 1 aliphatic rings. The SMILES string of the molecule is CC(CCc1ccco1)NCC1CCC(C(C)(C)C)CC1. The lowest BCUT2D eigenvalue weighted by Crippen LogP contribution is -2.34. The van der Waals surface area contributed by atoms with Crippen LogP contribution in [0.2, 0.25) is 0 Å². The van der Waals surface area contributed by atoms with E-state index in [0.29, 0.717) is 11.5 Å². The van der Waals surface area contributed by atoms with Crippen LogP contribution in [0.4, 0.5) is 0 Å². The Morgan fingerprint density at radius 1 is 1.24 bits per heavy atom. The molecule has 2 nitrogen and oxygen atoms in total. The predicted molar refractivity (Wildman–Crippen MR) is 89.4 cm³/mol. The zero-order valence-corrected chi connectivity index (χ0v) is 14.3. The van der Waals surface area contributed by atoms with Crippen LogP contribution < -0.4 is 5.32 Å². The Labute approximate surface area is 130 Å². The maximum absolute atomic E-state index is 5.39. The smallest absolute Gasteiger partial charge is 0.103 e. The van der Waals surface area contributed by atoms with Crippen molar-refractivity contribution < 1.29 is 4.42 Å². The summed E-state index contributed by atoms with van der Waals surface area (Å²) < 4.78 is 5.39. The third kappa shape index (κ3) is 5.50. The fourth-order valence-corrected chi connectivity index (χ4v) is 3.52. The molecule has 2 rings (SSSR count). The summed E-state index contributed by atoms with van der Waals surface area (Å²) in [4.78, 5) is 0. The summed E-state index contributed by atoms with van der Waals surface area (Å²) in [5, 5.41) is 3.73. The van der Waals surface area contributed by atoms with Crippen LogP contribution in [0, 0.1) is 17.3 Å². The van der Waals surface area contributed by atoms with Crippen molar-refractivity contribution in [1.29, 1.82) is 0 Å². The number of hydrogen-bond acceptors (Lipinski definition) is 2. The first kappa shape index (κ1) is 16.6. The van der Waals surface area contributed by atoms with Crippen LogP contribution in [-0.4, -0.2) is 12.6 Å². The second kappa shape index (κ2) is 7.49. The molecule has 2 heteroatoms. The van der Waals surface area contributed by atoms with Gasteiger partial charge in [0.25, 0.3) is 0 Å². The summed E-state index contributed by atoms with van der Waals surface area (Å²) in [6, 6.07) is 4.62. The Morgan fingerprint density at radius 3 is 2.52 bits per heavy atom. The van der Waals surface area contributed by atoms with E-state index in [4.69, 9.17) is 4.42 Å². The highest BCUT2D eigenvalue weighted by Crippen LogP contribution is 2.39. The average molecular weight is 291 g/mol. The maximum atomic E-state index is 5.39. The molecule has 0 spiro atoms. The molecule has 1 atom stereocenters. The number of hydrogen-bond donors (Lipinski definition) is 1. The Bertz CT molecular complexity index is 382. The lowest BCUT2D eigenvalue weighted by molar-refractivity contribution is 0.147. The van der Waals surface area contributed by atoms with E-state index in [2.05, 4.69) is 39.1 Å². The second-order valence-corrected chi connectivity index (χ2v) is 8.01. The van der Waals surface area contributed by atoms with Crippen molar-refractivity contribution in [1.82, 2.24) is 5.32 Å². The van der Waals surface area contributed by atoms with Gasteiger partial charge in [-0.2, -0.15) is 0 Å². The minimum atomic E-state index is 0.495. The molecular weight excluding hydrogens is 258 g/mol. The Hall–Kier alpha value is -0.760. The van der Waals surface area contributed by atoms with E-state index in [9.17, 15) is 0 Å². The van der Waals surface area contributed by atoms with E-state index in [0.717, 1.165) is 30.4 Å². The van der Waals surface area contributed by atoms with Crippen molar-refractivity contribution in [3.8, 4) is 0 Å². The first-order valence-corrected chi connectivity index (χ1v) is 8.71. The fourth-order valence-electron chi connectivity index (χ4n) is 3.52. The van der Waals surface area contributed by atoms with Gasteiger partial charge in [0.1, 0.15) is 5.76 Å². The minimum Gasteiger partial charge on any atom is -0.469 e. The van der Waals surface area contributed by atoms with E-state index in [1.165, 1.54) is 32.2 Å². The van der Waals surface area contributed by atoms with Gasteiger partial charge in [0.2, 0.25) is 0 Å². The first-order chi connectivity index (χ1) is 9.95. The summed E-state index contributed by atoms with van der Waals surface area (Å²) in [7, 11) is 0. The molecule has 21 heavy (non-hydrogen) atoms. The van der Waals surface area contributed by atoms with Gasteiger partial charge in [-0.1, -0.05) is 20.8 Å². The molecule has 0 aromatic carbocycles. The van der Waals surface area contributed by atoms with E-state index in [1.54, 1.807) is 6.26 Å². The third-order valence-electron chi connectivity index (χ3n) is 5.23. The van der Waals surface area contributed by atoms with Crippen molar-refractivity contribution in [3.05, 3.63) is 24.2 Å². The van der Waals surface area contributed by atoms with Crippen molar-refractivity contribution in [2.24, 2.45) is 17.3 Å². The molecule has 0 bridgehead atoms. The Balaban J connectivity index is 1.61. The van der Waals surface area contributed by atoms with Gasteiger partial charge in [-0.05, 0) is 75.0 Å². The lowest BCUT2D eigenvalue weighted by Gasteiger charge is -2.37. The number of furan rings is 1. The molecule has 0 aliphatic heterocycles. The second-order valence-electron chi connectivity index (χ2n) is 8.01. The van der Waals surface area contributed by atoms with Crippen LogP contribution in [0.1, 0.15) is 65.6 Å². The fraction of sp³-hybridized carbons (Fsp3) is 0.789. The molecule has 0 saturated heterocycles. The van der Waals surface area contributed by atoms with Gasteiger partial charge in [0.05, 0.1) is 6.26 Å². The Morgan fingerprint density at radius 2 is 1.95 bits per heavy atom. The van der Waals surface area contributed by atoms with E-state index in [-0.39, 0.29) is 0 Å². The highest BCUT2D eigenvalue weighted by Gasteiger charge is 2.29. The van der Waals surface area contributed by atoms with Crippen LogP contribution in [0.15, 0.2) is 22.8 Å². The van der Waals surface area contributed by atoms with Gasteiger partial charge in [0, 0.05) is 12.5 Å². The number of aryl methyl sites for hydroxylation is 1. The largest absolute Gasteiger partial charge is 0.469 e. The molecule has 1 fully saturated rings. The van der Waals surface area contributed by atoms with E-state index in [1.807, 2.05) is 6.07 Å². The molecule has 120 valence electrons. The summed E-state index contributed by atoms with van der Waals surface area (Å²) in [6.07, 6.45) is 9.59. The lowest BCUT2D eigenvalue weighted by atomic mass is 9.70. The molecule has 1 N–H and O–H groups in total. The molecule has 1 saturated carbocycles. The van der Waals surface area contributed by atoms with Crippen LogP contribution >= 0.6 is 0 Å². The molecule has 1 aliphatic carbocycles. The van der Waals surface area contributed by atoms with Crippen LogP contribution in [-0.2, 0) is 6.42 Å². The molecular formula is C19H33NO. The van der Waals surface area contributed by atoms with Crippen molar-refractivity contribution >= 4 is 0 Å². The van der Waals surface area contributed by atoms with E-state index >= 15 is 0 Å². The number of rotatable bonds is 6. The van der Waals surface area contributed by atoms with Crippen LogP contribution in [0.25, 0.3) is 0 Å². The average Bonchev–Trinajstić information content (AvgIpc) is 2.95. The van der Waals surface area contributed by atoms with Gasteiger partial charge < -0.3 is 9.73 Å². The summed E-state index contributed by atoms with van der Waals surface area (Å²) >= 11 is 0. The topological polar surface area (TPSA) is 25.2 Å². The van der Waals surface area contributed by atoms with Gasteiger partial charge >= 0.3 is 0 Å². The monoisotopic (exact) mass is 291 g/mol. The maximum Gasteiger partial charge on any atom is 0.103 e. The van der Waals surface area contributed by atoms with Crippen molar-refractivity contribution in [2.45, 2.75) is 72.3 Å². The van der Waals surface area contributed by atoms with Gasteiger partial charge in [0.15, 0.2) is 0 Å². The summed E-state index contributed by atoms with van der Waals surface area (Å²) in [5.74, 6) is 2.91. The molecule has 1 unspecified atom stereocenters.